The molecular weight excluding hydrogens is 240 g/mol. The van der Waals surface area contributed by atoms with Crippen LogP contribution in [0, 0.1) is 0 Å². The van der Waals surface area contributed by atoms with E-state index in [0.29, 0.717) is 13.0 Å². The molecule has 2 aromatic rings. The first kappa shape index (κ1) is 11.9. The number of nitrogens with one attached hydrogen (secondary N) is 1. The lowest BCUT2D eigenvalue weighted by Gasteiger charge is -2.27. The van der Waals surface area contributed by atoms with Crippen molar-refractivity contribution in [2.75, 3.05) is 18.0 Å². The van der Waals surface area contributed by atoms with Crippen LogP contribution in [0.4, 0.5) is 5.82 Å². The van der Waals surface area contributed by atoms with E-state index in [2.05, 4.69) is 20.2 Å². The second kappa shape index (κ2) is 4.84. The van der Waals surface area contributed by atoms with Gasteiger partial charge in [-0.25, -0.2) is 4.98 Å². The third kappa shape index (κ3) is 2.36. The number of rotatable bonds is 1. The molecule has 1 saturated heterocycles. The molecule has 0 aliphatic carbocycles. The molecule has 0 spiro atoms. The molecule has 3 rings (SSSR count). The predicted molar refractivity (Wildman–Crippen MR) is 74.0 cm³/mol. The zero-order valence-corrected chi connectivity index (χ0v) is 10.8. The molecule has 1 fully saturated rings. The maximum atomic E-state index is 11.5. The van der Waals surface area contributed by atoms with E-state index >= 15 is 0 Å². The highest BCUT2D eigenvalue weighted by Crippen LogP contribution is 2.19. The third-order valence-corrected chi connectivity index (χ3v) is 3.42. The monoisotopic (exact) mass is 256 g/mol. The minimum Gasteiger partial charge on any atom is -0.354 e. The summed E-state index contributed by atoms with van der Waals surface area (Å²) in [5.74, 6) is 0.937. The van der Waals surface area contributed by atoms with Crippen LogP contribution in [0.25, 0.3) is 11.0 Å². The molecule has 2 heterocycles. The van der Waals surface area contributed by atoms with E-state index in [1.54, 1.807) is 6.20 Å². The van der Waals surface area contributed by atoms with Crippen LogP contribution in [0.3, 0.4) is 0 Å². The largest absolute Gasteiger partial charge is 0.354 e. The molecule has 1 aromatic heterocycles. The first-order valence-electron chi connectivity index (χ1n) is 6.49. The Morgan fingerprint density at radius 2 is 2.11 bits per heavy atom. The van der Waals surface area contributed by atoms with Gasteiger partial charge >= 0.3 is 0 Å². The number of nitrogens with zero attached hydrogens (tertiary/aromatic N) is 3. The number of benzene rings is 1. The van der Waals surface area contributed by atoms with Crippen molar-refractivity contribution >= 4 is 22.8 Å². The minimum absolute atomic E-state index is 0.101. The van der Waals surface area contributed by atoms with E-state index in [4.69, 9.17) is 0 Å². The van der Waals surface area contributed by atoms with Crippen LogP contribution in [-0.4, -0.2) is 35.0 Å². The van der Waals surface area contributed by atoms with Gasteiger partial charge in [0.05, 0.1) is 17.2 Å². The lowest BCUT2D eigenvalue weighted by Crippen LogP contribution is -2.35. The summed E-state index contributed by atoms with van der Waals surface area (Å²) in [5.41, 5.74) is 1.78. The fourth-order valence-electron chi connectivity index (χ4n) is 2.41. The van der Waals surface area contributed by atoms with E-state index in [9.17, 15) is 4.79 Å². The van der Waals surface area contributed by atoms with Crippen molar-refractivity contribution in [2.24, 2.45) is 0 Å². The van der Waals surface area contributed by atoms with E-state index in [1.807, 2.05) is 31.2 Å². The number of aromatic nitrogens is 2. The molecule has 1 amide bonds. The molecular formula is C14H16N4O. The van der Waals surface area contributed by atoms with Crippen molar-refractivity contribution in [2.45, 2.75) is 19.4 Å². The van der Waals surface area contributed by atoms with Crippen molar-refractivity contribution in [3.63, 3.8) is 0 Å². The molecule has 98 valence electrons. The van der Waals surface area contributed by atoms with Crippen LogP contribution in [0.5, 0.6) is 0 Å². The van der Waals surface area contributed by atoms with Gasteiger partial charge in [-0.1, -0.05) is 12.1 Å². The molecule has 0 unspecified atom stereocenters. The average Bonchev–Trinajstić information content (AvgIpc) is 2.59. The van der Waals surface area contributed by atoms with Crippen LogP contribution >= 0.6 is 0 Å². The van der Waals surface area contributed by atoms with E-state index in [0.717, 1.165) is 23.4 Å². The maximum Gasteiger partial charge on any atom is 0.222 e. The Labute approximate surface area is 111 Å². The van der Waals surface area contributed by atoms with Gasteiger partial charge in [-0.15, -0.1) is 0 Å². The Morgan fingerprint density at radius 3 is 2.95 bits per heavy atom. The number of carbonyl (C=O) groups excluding carboxylic acids is 1. The Hall–Kier alpha value is -2.17. The van der Waals surface area contributed by atoms with Gasteiger partial charge in [-0.3, -0.25) is 9.78 Å². The van der Waals surface area contributed by atoms with Gasteiger partial charge in [0.25, 0.3) is 0 Å². The van der Waals surface area contributed by atoms with Crippen LogP contribution in [0.15, 0.2) is 30.5 Å². The van der Waals surface area contributed by atoms with Crippen LogP contribution in [-0.2, 0) is 4.79 Å². The topological polar surface area (TPSA) is 58.1 Å². The average molecular weight is 256 g/mol. The second-order valence-electron chi connectivity index (χ2n) is 4.81. The van der Waals surface area contributed by atoms with Crippen molar-refractivity contribution < 1.29 is 4.79 Å². The Bertz CT molecular complexity index is 613. The highest BCUT2D eigenvalue weighted by atomic mass is 16.1. The summed E-state index contributed by atoms with van der Waals surface area (Å²) in [6.07, 6.45) is 2.28. The normalized spacial score (nSPS) is 20.2. The number of anilines is 1. The van der Waals surface area contributed by atoms with E-state index in [1.165, 1.54) is 0 Å². The van der Waals surface area contributed by atoms with Crippen molar-refractivity contribution in [3.8, 4) is 0 Å². The number of hydrogen-bond acceptors (Lipinski definition) is 4. The quantitative estimate of drug-likeness (QED) is 0.836. The first-order valence-corrected chi connectivity index (χ1v) is 6.49. The molecule has 0 radical (unpaired) electrons. The fourth-order valence-corrected chi connectivity index (χ4v) is 2.41. The number of hydrogen-bond donors (Lipinski definition) is 1. The maximum absolute atomic E-state index is 11.5. The Morgan fingerprint density at radius 1 is 1.32 bits per heavy atom. The molecule has 0 saturated carbocycles. The van der Waals surface area contributed by atoms with Gasteiger partial charge in [0.15, 0.2) is 0 Å². The van der Waals surface area contributed by atoms with Gasteiger partial charge in [-0.2, -0.15) is 0 Å². The second-order valence-corrected chi connectivity index (χ2v) is 4.81. The number of fused-ring (bicyclic) bond motifs is 1. The highest BCUT2D eigenvalue weighted by Gasteiger charge is 2.22. The zero-order chi connectivity index (χ0) is 13.2. The smallest absolute Gasteiger partial charge is 0.222 e. The molecule has 1 aliphatic rings. The Kier molecular flexibility index (Phi) is 3.03. The van der Waals surface area contributed by atoms with Gasteiger partial charge in [-0.05, 0) is 19.1 Å². The summed E-state index contributed by atoms with van der Waals surface area (Å²) >= 11 is 0. The van der Waals surface area contributed by atoms with Gasteiger partial charge < -0.3 is 10.2 Å². The molecule has 1 aliphatic heterocycles. The zero-order valence-electron chi connectivity index (χ0n) is 10.8. The molecule has 5 heteroatoms. The summed E-state index contributed by atoms with van der Waals surface area (Å²) in [5, 5.41) is 2.88. The van der Waals surface area contributed by atoms with E-state index in [-0.39, 0.29) is 11.9 Å². The lowest BCUT2D eigenvalue weighted by atomic mass is 10.2. The summed E-state index contributed by atoms with van der Waals surface area (Å²) in [7, 11) is 0. The van der Waals surface area contributed by atoms with Crippen LogP contribution < -0.4 is 10.2 Å². The predicted octanol–water partition coefficient (Wildman–Crippen LogP) is 1.34. The molecule has 0 bridgehead atoms. The fraction of sp³-hybridized carbons (Fsp3) is 0.357. The van der Waals surface area contributed by atoms with E-state index < -0.39 is 0 Å². The SMILES string of the molecule is C[C@@H]1CC(=O)NCCN1c1cnc2ccccc2n1. The third-order valence-electron chi connectivity index (χ3n) is 3.42. The summed E-state index contributed by atoms with van der Waals surface area (Å²) < 4.78 is 0. The van der Waals surface area contributed by atoms with Gasteiger partial charge in [0, 0.05) is 25.6 Å². The molecule has 19 heavy (non-hydrogen) atoms. The molecule has 5 nitrogen and oxygen atoms in total. The Balaban J connectivity index is 1.96. The highest BCUT2D eigenvalue weighted by molar-refractivity contribution is 5.78. The summed E-state index contributed by atoms with van der Waals surface area (Å²) in [4.78, 5) is 22.7. The first-order chi connectivity index (χ1) is 9.24. The van der Waals surface area contributed by atoms with Gasteiger partial charge in [0.1, 0.15) is 5.82 Å². The van der Waals surface area contributed by atoms with Crippen LogP contribution in [0.2, 0.25) is 0 Å². The number of carbonyl (C=O) groups is 1. The van der Waals surface area contributed by atoms with Gasteiger partial charge in [0.2, 0.25) is 5.91 Å². The lowest BCUT2D eigenvalue weighted by molar-refractivity contribution is -0.120. The van der Waals surface area contributed by atoms with Crippen LogP contribution in [0.1, 0.15) is 13.3 Å². The summed E-state index contributed by atoms with van der Waals surface area (Å²) in [6, 6.07) is 7.95. The molecule has 1 aromatic carbocycles. The minimum atomic E-state index is 0.101. The summed E-state index contributed by atoms with van der Waals surface area (Å²) in [6.45, 7) is 3.46. The number of para-hydroxylation sites is 2. The van der Waals surface area contributed by atoms with Crippen molar-refractivity contribution in [1.82, 2.24) is 15.3 Å². The molecule has 1 atom stereocenters. The number of amides is 1. The molecule has 1 N–H and O–H groups in total. The van der Waals surface area contributed by atoms with Crippen molar-refractivity contribution in [1.29, 1.82) is 0 Å². The van der Waals surface area contributed by atoms with Crippen molar-refractivity contribution in [3.05, 3.63) is 30.5 Å². The standard InChI is InChI=1S/C14H16N4O/c1-10-8-14(19)15-6-7-18(10)13-9-16-11-4-2-3-5-12(11)17-13/h2-5,9-10H,6-8H2,1H3,(H,15,19)/t10-/m1/s1.